The highest BCUT2D eigenvalue weighted by molar-refractivity contribution is 7.48. The number of rotatable bonds is 6. The third-order valence-corrected chi connectivity index (χ3v) is 7.57. The summed E-state index contributed by atoms with van der Waals surface area (Å²) in [6.45, 7) is -0.909. The number of phosphoric acid groups is 1. The number of aromatic nitrogens is 2. The van der Waals surface area contributed by atoms with Crippen LogP contribution in [0.2, 0.25) is 10.0 Å². The summed E-state index contributed by atoms with van der Waals surface area (Å²) in [4.78, 5) is 28.0. The first-order chi connectivity index (χ1) is 16.6. The molecule has 17 heteroatoms. The number of ether oxygens (including phenoxy) is 1. The Bertz CT molecular complexity index is 1330. The molecule has 2 aromatic rings. The van der Waals surface area contributed by atoms with E-state index in [-0.39, 0.29) is 11.6 Å². The van der Waals surface area contributed by atoms with E-state index in [2.05, 4.69) is 10.0 Å². The molecule has 6 atom stereocenters. The molecule has 2 unspecified atom stereocenters. The van der Waals surface area contributed by atoms with Gasteiger partial charge >= 0.3 is 13.5 Å². The van der Waals surface area contributed by atoms with Gasteiger partial charge in [-0.3, -0.25) is 27.9 Å². The number of aliphatic hydroxyl groups excluding tert-OH is 2. The van der Waals surface area contributed by atoms with Crippen molar-refractivity contribution in [2.45, 2.75) is 36.7 Å². The monoisotopic (exact) mass is 549 g/mol. The standard InChI is InChI=1S/C18H18Cl2N5O9P/c19-10-2-1-9(7-11(10)20)12-4-6-31-35(30,34-12)32-8-18(23-24-21)15(28)14(27)16(33-18)25-5-3-13(26)22-17(25)29/h1-3,5,7,12,14-16,27-28H,4,6,8H2,(H,22,26,29)/t12-,14+,15-,16?,18+,35?/m0/s1. The summed E-state index contributed by atoms with van der Waals surface area (Å²) in [7, 11) is -4.28. The van der Waals surface area contributed by atoms with Crippen LogP contribution in [0, 0.1) is 0 Å². The van der Waals surface area contributed by atoms with Crippen LogP contribution in [0.1, 0.15) is 24.3 Å². The number of hydrogen-bond acceptors (Lipinski definition) is 10. The molecule has 0 spiro atoms. The van der Waals surface area contributed by atoms with E-state index in [0.29, 0.717) is 17.0 Å². The first-order valence-electron chi connectivity index (χ1n) is 10.0. The van der Waals surface area contributed by atoms with Crippen molar-refractivity contribution in [1.29, 1.82) is 0 Å². The van der Waals surface area contributed by atoms with Crippen molar-refractivity contribution >= 4 is 31.0 Å². The summed E-state index contributed by atoms with van der Waals surface area (Å²) in [6, 6.07) is 5.70. The molecule has 188 valence electrons. The molecule has 0 aliphatic carbocycles. The van der Waals surface area contributed by atoms with Crippen LogP contribution in [0.15, 0.2) is 45.2 Å². The number of halogens is 2. The second-order valence-electron chi connectivity index (χ2n) is 7.61. The van der Waals surface area contributed by atoms with Gasteiger partial charge in [0.1, 0.15) is 12.2 Å². The minimum Gasteiger partial charge on any atom is -0.387 e. The van der Waals surface area contributed by atoms with E-state index in [4.69, 9.17) is 47.0 Å². The molecule has 0 amide bonds. The van der Waals surface area contributed by atoms with Gasteiger partial charge in [-0.05, 0) is 23.2 Å². The summed E-state index contributed by atoms with van der Waals surface area (Å²) in [5.41, 5.74) is 5.62. The number of nitrogens with one attached hydrogen (secondary N) is 1. The molecule has 2 fully saturated rings. The summed E-state index contributed by atoms with van der Waals surface area (Å²) < 4.78 is 35.5. The summed E-state index contributed by atoms with van der Waals surface area (Å²) in [6.07, 6.45) is -4.72. The molecule has 2 aliphatic heterocycles. The maximum atomic E-state index is 13.1. The van der Waals surface area contributed by atoms with E-state index in [1.165, 1.54) is 0 Å². The number of nitrogens with zero attached hydrogens (tertiary/aromatic N) is 4. The molecule has 1 aromatic heterocycles. The van der Waals surface area contributed by atoms with Crippen molar-refractivity contribution in [1.82, 2.24) is 9.55 Å². The predicted molar refractivity (Wildman–Crippen MR) is 120 cm³/mol. The highest BCUT2D eigenvalue weighted by atomic mass is 35.5. The molecule has 3 N–H and O–H groups in total. The zero-order chi connectivity index (χ0) is 25.4. The Balaban J connectivity index is 1.55. The van der Waals surface area contributed by atoms with Crippen LogP contribution in [0.5, 0.6) is 0 Å². The smallest absolute Gasteiger partial charge is 0.387 e. The van der Waals surface area contributed by atoms with E-state index >= 15 is 0 Å². The lowest BCUT2D eigenvalue weighted by Crippen LogP contribution is -2.45. The minimum atomic E-state index is -4.28. The van der Waals surface area contributed by atoms with Crippen molar-refractivity contribution in [3.63, 3.8) is 0 Å². The van der Waals surface area contributed by atoms with Gasteiger partial charge in [-0.25, -0.2) is 9.36 Å². The average Bonchev–Trinajstić information content (AvgIpc) is 3.05. The molecule has 4 rings (SSSR count). The molecule has 0 bridgehead atoms. The number of aromatic amines is 1. The molecule has 1 aromatic carbocycles. The molecule has 0 radical (unpaired) electrons. The minimum absolute atomic E-state index is 0.0296. The van der Waals surface area contributed by atoms with Crippen molar-refractivity contribution < 1.29 is 33.1 Å². The van der Waals surface area contributed by atoms with Crippen molar-refractivity contribution in [3.05, 3.63) is 77.4 Å². The maximum absolute atomic E-state index is 13.1. The number of benzene rings is 1. The van der Waals surface area contributed by atoms with E-state index in [1.54, 1.807) is 18.2 Å². The van der Waals surface area contributed by atoms with Crippen LogP contribution in [0.4, 0.5) is 0 Å². The van der Waals surface area contributed by atoms with Crippen LogP contribution in [0.25, 0.3) is 10.4 Å². The molecule has 2 aliphatic rings. The Labute approximate surface area is 206 Å². The molecule has 14 nitrogen and oxygen atoms in total. The number of azide groups is 1. The first kappa shape index (κ1) is 25.9. The quantitative estimate of drug-likeness (QED) is 0.209. The third kappa shape index (κ3) is 5.18. The van der Waals surface area contributed by atoms with Gasteiger partial charge in [-0.15, -0.1) is 0 Å². The van der Waals surface area contributed by atoms with Crippen LogP contribution in [-0.2, 0) is 22.9 Å². The van der Waals surface area contributed by atoms with Crippen molar-refractivity contribution in [2.24, 2.45) is 5.11 Å². The third-order valence-electron chi connectivity index (χ3n) is 5.37. The topological polar surface area (TPSA) is 198 Å². The molecule has 0 saturated carbocycles. The van der Waals surface area contributed by atoms with E-state index in [9.17, 15) is 24.4 Å². The Morgan fingerprint density at radius 3 is 2.77 bits per heavy atom. The van der Waals surface area contributed by atoms with Gasteiger partial charge in [0, 0.05) is 23.6 Å². The summed E-state index contributed by atoms with van der Waals surface area (Å²) in [5.74, 6) is 0. The normalized spacial score (nSPS) is 32.8. The number of H-pyrrole nitrogens is 1. The SMILES string of the molecule is [N-]=[N+]=N[C@]1(COP2(=O)OCC[C@@H](c3ccc(Cl)c(Cl)c3)O2)OC(n2ccc(=O)[nH]c2=O)[C@H](O)[C@@H]1O. The van der Waals surface area contributed by atoms with Gasteiger partial charge in [0.25, 0.3) is 5.56 Å². The number of aliphatic hydroxyl groups is 2. The fraction of sp³-hybridized carbons (Fsp3) is 0.444. The Hall–Kier alpha value is -2.22. The predicted octanol–water partition coefficient (Wildman–Crippen LogP) is 2.40. The largest absolute Gasteiger partial charge is 0.475 e. The van der Waals surface area contributed by atoms with E-state index < -0.39 is 55.9 Å². The van der Waals surface area contributed by atoms with Crippen LogP contribution < -0.4 is 11.2 Å². The summed E-state index contributed by atoms with van der Waals surface area (Å²) >= 11 is 12.0. The van der Waals surface area contributed by atoms with Gasteiger partial charge in [-0.1, -0.05) is 34.4 Å². The van der Waals surface area contributed by atoms with Crippen LogP contribution in [0.3, 0.4) is 0 Å². The van der Waals surface area contributed by atoms with Crippen LogP contribution in [-0.4, -0.2) is 50.9 Å². The van der Waals surface area contributed by atoms with Gasteiger partial charge in [0.05, 0.1) is 29.4 Å². The fourth-order valence-corrected chi connectivity index (χ4v) is 5.33. The molecule has 3 heterocycles. The van der Waals surface area contributed by atoms with Gasteiger partial charge in [0.15, 0.2) is 6.23 Å². The zero-order valence-corrected chi connectivity index (χ0v) is 20.0. The van der Waals surface area contributed by atoms with E-state index in [1.807, 2.05) is 4.98 Å². The van der Waals surface area contributed by atoms with Gasteiger partial charge in [0.2, 0.25) is 5.72 Å². The molecule has 2 saturated heterocycles. The highest BCUT2D eigenvalue weighted by Gasteiger charge is 2.56. The zero-order valence-electron chi connectivity index (χ0n) is 17.6. The van der Waals surface area contributed by atoms with Gasteiger partial charge < -0.3 is 14.9 Å². The van der Waals surface area contributed by atoms with E-state index in [0.717, 1.165) is 16.8 Å². The Morgan fingerprint density at radius 2 is 2.09 bits per heavy atom. The Kier molecular flexibility index (Phi) is 7.41. The van der Waals surface area contributed by atoms with Gasteiger partial charge in [-0.2, -0.15) is 0 Å². The molecular formula is C18H18Cl2N5O9P. The lowest BCUT2D eigenvalue weighted by molar-refractivity contribution is -0.127. The van der Waals surface area contributed by atoms with Crippen molar-refractivity contribution in [2.75, 3.05) is 13.2 Å². The lowest BCUT2D eigenvalue weighted by Gasteiger charge is -2.32. The first-order valence-corrected chi connectivity index (χ1v) is 12.2. The number of hydrogen-bond donors (Lipinski definition) is 3. The second-order valence-corrected chi connectivity index (χ2v) is 10.0. The van der Waals surface area contributed by atoms with Crippen LogP contribution >= 0.6 is 31.0 Å². The molecular weight excluding hydrogens is 532 g/mol. The maximum Gasteiger partial charge on any atom is 0.475 e. The highest BCUT2D eigenvalue weighted by Crippen LogP contribution is 2.58. The fourth-order valence-electron chi connectivity index (χ4n) is 3.62. The van der Waals surface area contributed by atoms with Crippen molar-refractivity contribution in [3.8, 4) is 0 Å². The average molecular weight is 550 g/mol. The Morgan fingerprint density at radius 1 is 1.31 bits per heavy atom. The number of phosphoric ester groups is 1. The second kappa shape index (κ2) is 10.0. The molecule has 35 heavy (non-hydrogen) atoms. The summed E-state index contributed by atoms with van der Waals surface area (Å²) in [5, 5.41) is 25.1. The lowest BCUT2D eigenvalue weighted by atomic mass is 10.1.